The van der Waals surface area contributed by atoms with Gasteiger partial charge in [0.15, 0.2) is 12.1 Å². The van der Waals surface area contributed by atoms with Crippen LogP contribution < -0.4 is 4.74 Å². The number of hydrogen-bond acceptors (Lipinski definition) is 3. The summed E-state index contributed by atoms with van der Waals surface area (Å²) < 4.78 is 20.7. The molecule has 3 aromatic rings. The number of carbonyl (C=O) groups excluding carboxylic acids is 1. The predicted octanol–water partition coefficient (Wildman–Crippen LogP) is 5.34. The predicted molar refractivity (Wildman–Crippen MR) is 96.8 cm³/mol. The fraction of sp³-hybridized carbons (Fsp3) is 0.100. The quantitative estimate of drug-likeness (QED) is 0.593. The van der Waals surface area contributed by atoms with Crippen molar-refractivity contribution in [3.8, 4) is 28.1 Å². The molecular weight excluding hydrogens is 341 g/mol. The lowest BCUT2D eigenvalue weighted by atomic mass is 9.95. The molecule has 0 saturated heterocycles. The number of methoxy groups -OCH3 is 1. The molecule has 0 aliphatic carbocycles. The maximum Gasteiger partial charge on any atom is 0.157 e. The first-order valence-electron chi connectivity index (χ1n) is 7.61. The van der Waals surface area contributed by atoms with Gasteiger partial charge in [-0.1, -0.05) is 41.9 Å². The molecule has 0 bridgehead atoms. The maximum absolute atomic E-state index is 15.4. The van der Waals surface area contributed by atoms with Crippen LogP contribution in [0.1, 0.15) is 15.9 Å². The van der Waals surface area contributed by atoms with Gasteiger partial charge in [-0.25, -0.2) is 4.39 Å². The number of benzene rings is 2. The van der Waals surface area contributed by atoms with Crippen molar-refractivity contribution in [3.63, 3.8) is 0 Å². The molecule has 1 aromatic heterocycles. The van der Waals surface area contributed by atoms with Gasteiger partial charge in [0.1, 0.15) is 11.4 Å². The fourth-order valence-corrected chi connectivity index (χ4v) is 3.07. The van der Waals surface area contributed by atoms with E-state index in [4.69, 9.17) is 16.3 Å². The van der Waals surface area contributed by atoms with Crippen molar-refractivity contribution in [2.45, 2.75) is 6.92 Å². The number of rotatable bonds is 4. The first-order chi connectivity index (χ1) is 12.1. The zero-order valence-corrected chi connectivity index (χ0v) is 14.5. The van der Waals surface area contributed by atoms with Crippen molar-refractivity contribution in [3.05, 3.63) is 70.6 Å². The van der Waals surface area contributed by atoms with Gasteiger partial charge in [-0.15, -0.1) is 0 Å². The molecule has 0 fully saturated rings. The molecule has 0 aliphatic heterocycles. The number of aryl methyl sites for hydroxylation is 1. The van der Waals surface area contributed by atoms with Crippen LogP contribution in [0.4, 0.5) is 4.39 Å². The van der Waals surface area contributed by atoms with Gasteiger partial charge in [0.25, 0.3) is 0 Å². The number of aldehydes is 1. The van der Waals surface area contributed by atoms with Gasteiger partial charge < -0.3 is 4.74 Å². The fourth-order valence-electron chi connectivity index (χ4n) is 2.82. The van der Waals surface area contributed by atoms with Gasteiger partial charge in [0.2, 0.25) is 0 Å². The van der Waals surface area contributed by atoms with E-state index in [2.05, 4.69) is 4.98 Å². The van der Waals surface area contributed by atoms with Gasteiger partial charge in [0.05, 0.1) is 12.1 Å². The number of carbonyl (C=O) groups is 1. The van der Waals surface area contributed by atoms with Crippen molar-refractivity contribution in [2.24, 2.45) is 0 Å². The van der Waals surface area contributed by atoms with Crippen LogP contribution in [0, 0.1) is 12.7 Å². The number of halogens is 2. The van der Waals surface area contributed by atoms with Crippen molar-refractivity contribution in [1.29, 1.82) is 0 Å². The molecule has 0 amide bonds. The van der Waals surface area contributed by atoms with Gasteiger partial charge in [0, 0.05) is 22.9 Å². The van der Waals surface area contributed by atoms with Crippen molar-refractivity contribution in [1.82, 2.24) is 4.98 Å². The third-order valence-electron chi connectivity index (χ3n) is 3.99. The Labute approximate surface area is 150 Å². The number of pyridine rings is 1. The van der Waals surface area contributed by atoms with E-state index in [1.807, 2.05) is 0 Å². The first-order valence-corrected chi connectivity index (χ1v) is 7.98. The maximum atomic E-state index is 15.4. The molecule has 126 valence electrons. The second-order valence-electron chi connectivity index (χ2n) is 5.50. The molecule has 0 N–H and O–H groups in total. The summed E-state index contributed by atoms with van der Waals surface area (Å²) in [6.07, 6.45) is 2.30. The molecule has 1 heterocycles. The number of aromatic nitrogens is 1. The van der Waals surface area contributed by atoms with Gasteiger partial charge in [-0.05, 0) is 30.2 Å². The molecule has 3 rings (SSSR count). The lowest BCUT2D eigenvalue weighted by molar-refractivity contribution is 0.112. The Hall–Kier alpha value is -2.72. The van der Waals surface area contributed by atoms with Crippen LogP contribution in [0.15, 0.2) is 48.7 Å². The van der Waals surface area contributed by atoms with E-state index < -0.39 is 5.82 Å². The van der Waals surface area contributed by atoms with Crippen molar-refractivity contribution >= 4 is 17.9 Å². The molecular formula is C20H15ClFNO2. The summed E-state index contributed by atoms with van der Waals surface area (Å²) in [7, 11) is 1.47. The van der Waals surface area contributed by atoms with E-state index in [0.717, 1.165) is 0 Å². The molecule has 2 aromatic carbocycles. The largest absolute Gasteiger partial charge is 0.494 e. The Morgan fingerprint density at radius 1 is 1.12 bits per heavy atom. The van der Waals surface area contributed by atoms with E-state index >= 15 is 4.39 Å². The highest BCUT2D eigenvalue weighted by Crippen LogP contribution is 2.39. The van der Waals surface area contributed by atoms with Gasteiger partial charge >= 0.3 is 0 Å². The molecule has 0 radical (unpaired) electrons. The number of ether oxygens (including phenoxy) is 1. The van der Waals surface area contributed by atoms with Crippen LogP contribution in [0.2, 0.25) is 5.02 Å². The van der Waals surface area contributed by atoms with Crippen molar-refractivity contribution < 1.29 is 13.9 Å². The summed E-state index contributed by atoms with van der Waals surface area (Å²) in [6.45, 7) is 1.76. The third kappa shape index (κ3) is 3.01. The Morgan fingerprint density at radius 2 is 1.84 bits per heavy atom. The normalized spacial score (nSPS) is 10.6. The lowest BCUT2D eigenvalue weighted by Gasteiger charge is -2.15. The number of hydrogen-bond donors (Lipinski definition) is 0. The van der Waals surface area contributed by atoms with Crippen LogP contribution in [-0.4, -0.2) is 18.4 Å². The molecule has 5 heteroatoms. The molecule has 3 nitrogen and oxygen atoms in total. The standard InChI is InChI=1S/C20H15ClFNO2/c1-12-10-23-19(15-8-5-9-16(21)20(15)25-2)18(22)17(12)14-7-4-3-6-13(14)11-24/h3-11H,1-2H3. The molecule has 0 unspecified atom stereocenters. The SMILES string of the molecule is COc1c(Cl)cccc1-c1ncc(C)c(-c2ccccc2C=O)c1F. The average Bonchev–Trinajstić information content (AvgIpc) is 2.62. The Morgan fingerprint density at radius 3 is 2.56 bits per heavy atom. The highest BCUT2D eigenvalue weighted by Gasteiger charge is 2.21. The Balaban J connectivity index is 2.30. The van der Waals surface area contributed by atoms with E-state index in [9.17, 15) is 4.79 Å². The molecule has 0 spiro atoms. The van der Waals surface area contributed by atoms with Crippen LogP contribution in [0.3, 0.4) is 0 Å². The lowest BCUT2D eigenvalue weighted by Crippen LogP contribution is -2.00. The summed E-state index contributed by atoms with van der Waals surface area (Å²) in [6, 6.07) is 11.9. The van der Waals surface area contributed by atoms with Crippen LogP contribution >= 0.6 is 11.6 Å². The summed E-state index contributed by atoms with van der Waals surface area (Å²) in [5, 5.41) is 0.372. The monoisotopic (exact) mass is 355 g/mol. The average molecular weight is 356 g/mol. The summed E-state index contributed by atoms with van der Waals surface area (Å²) in [5.41, 5.74) is 2.50. The molecule has 0 saturated carbocycles. The van der Waals surface area contributed by atoms with Crippen LogP contribution in [0.5, 0.6) is 5.75 Å². The minimum atomic E-state index is -0.519. The summed E-state index contributed by atoms with van der Waals surface area (Å²) in [4.78, 5) is 15.6. The highest BCUT2D eigenvalue weighted by atomic mass is 35.5. The van der Waals surface area contributed by atoms with E-state index in [1.165, 1.54) is 7.11 Å². The second-order valence-corrected chi connectivity index (χ2v) is 5.91. The van der Waals surface area contributed by atoms with Crippen molar-refractivity contribution in [2.75, 3.05) is 7.11 Å². The molecule has 0 atom stereocenters. The summed E-state index contributed by atoms with van der Waals surface area (Å²) in [5.74, 6) is -0.163. The minimum absolute atomic E-state index is 0.126. The van der Waals surface area contributed by atoms with Gasteiger partial charge in [-0.2, -0.15) is 0 Å². The van der Waals surface area contributed by atoms with E-state index in [0.29, 0.717) is 44.9 Å². The number of nitrogens with zero attached hydrogens (tertiary/aromatic N) is 1. The highest BCUT2D eigenvalue weighted by molar-refractivity contribution is 6.32. The Kier molecular flexibility index (Phi) is 4.81. The zero-order valence-electron chi connectivity index (χ0n) is 13.7. The van der Waals surface area contributed by atoms with Crippen LogP contribution in [-0.2, 0) is 0 Å². The zero-order chi connectivity index (χ0) is 18.0. The number of para-hydroxylation sites is 1. The molecule has 0 aliphatic rings. The van der Waals surface area contributed by atoms with Gasteiger partial charge in [-0.3, -0.25) is 9.78 Å². The van der Waals surface area contributed by atoms with E-state index in [-0.39, 0.29) is 5.69 Å². The second kappa shape index (κ2) is 7.03. The Bertz CT molecular complexity index is 956. The minimum Gasteiger partial charge on any atom is -0.494 e. The smallest absolute Gasteiger partial charge is 0.157 e. The van der Waals surface area contributed by atoms with Crippen LogP contribution in [0.25, 0.3) is 22.4 Å². The summed E-state index contributed by atoms with van der Waals surface area (Å²) >= 11 is 6.15. The van der Waals surface area contributed by atoms with E-state index in [1.54, 1.807) is 55.6 Å². The third-order valence-corrected chi connectivity index (χ3v) is 4.29. The topological polar surface area (TPSA) is 39.2 Å². The molecule has 25 heavy (non-hydrogen) atoms. The first kappa shape index (κ1) is 17.1.